The summed E-state index contributed by atoms with van der Waals surface area (Å²) in [5.74, 6) is -0.686. The highest BCUT2D eigenvalue weighted by Gasteiger charge is 2.45. The Morgan fingerprint density at radius 1 is 1.58 bits per heavy atom. The zero-order valence-corrected chi connectivity index (χ0v) is 10.2. The highest BCUT2D eigenvalue weighted by atomic mass is 16.5. The van der Waals surface area contributed by atoms with E-state index in [-0.39, 0.29) is 12.3 Å². The van der Waals surface area contributed by atoms with Gasteiger partial charge in [0.05, 0.1) is 18.6 Å². The number of aliphatic hydroxyl groups excluding tert-OH is 2. The molecule has 0 spiro atoms. The van der Waals surface area contributed by atoms with Gasteiger partial charge in [0.2, 0.25) is 0 Å². The maximum Gasteiger partial charge on any atom is 0.330 e. The number of rotatable bonds is 3. The maximum atomic E-state index is 11.6. The number of aliphatic hydroxyl groups is 2. The Kier molecular flexibility index (Phi) is 3.65. The van der Waals surface area contributed by atoms with Gasteiger partial charge in [0, 0.05) is 18.0 Å². The molecule has 8 nitrogen and oxygen atoms in total. The van der Waals surface area contributed by atoms with Crippen LogP contribution in [0, 0.1) is 11.3 Å². The molecule has 8 heteroatoms. The highest BCUT2D eigenvalue weighted by Crippen LogP contribution is 2.33. The topological polar surface area (TPSA) is 128 Å². The number of nitrogens with zero attached hydrogens (tertiary/aromatic N) is 1. The standard InChI is InChI=1S/C11H15N3O5/c1-5(12)8-6(4-15)19-10(9(8)17)14-3-2-7(16)13-11(14)18/h2-3,6,8-10,12,15,17H,4H2,1H3,(H,13,16,18). The van der Waals surface area contributed by atoms with Gasteiger partial charge in [0.1, 0.15) is 6.10 Å². The molecule has 1 aromatic rings. The summed E-state index contributed by atoms with van der Waals surface area (Å²) >= 11 is 0. The summed E-state index contributed by atoms with van der Waals surface area (Å²) in [7, 11) is 0. The van der Waals surface area contributed by atoms with Crippen LogP contribution in [-0.4, -0.2) is 44.3 Å². The van der Waals surface area contributed by atoms with E-state index in [1.165, 1.54) is 13.1 Å². The molecule has 2 heterocycles. The summed E-state index contributed by atoms with van der Waals surface area (Å²) in [5.41, 5.74) is -1.10. The molecule has 1 fully saturated rings. The lowest BCUT2D eigenvalue weighted by Gasteiger charge is -2.18. The van der Waals surface area contributed by atoms with E-state index in [0.29, 0.717) is 0 Å². The van der Waals surface area contributed by atoms with Crippen molar-refractivity contribution in [2.24, 2.45) is 5.92 Å². The molecule has 4 N–H and O–H groups in total. The Morgan fingerprint density at radius 3 is 2.74 bits per heavy atom. The van der Waals surface area contributed by atoms with Crippen LogP contribution in [0.3, 0.4) is 0 Å². The molecule has 1 aliphatic rings. The molecular formula is C11H15N3O5. The van der Waals surface area contributed by atoms with Crippen LogP contribution in [0.25, 0.3) is 0 Å². The van der Waals surface area contributed by atoms with Gasteiger partial charge in [-0.1, -0.05) is 0 Å². The molecule has 1 saturated heterocycles. The monoisotopic (exact) mass is 269 g/mol. The lowest BCUT2D eigenvalue weighted by molar-refractivity contribution is -0.0532. The summed E-state index contributed by atoms with van der Waals surface area (Å²) in [5, 5.41) is 26.9. The Bertz CT molecular complexity index is 592. The summed E-state index contributed by atoms with van der Waals surface area (Å²) < 4.78 is 6.44. The molecular weight excluding hydrogens is 254 g/mol. The third-order valence-corrected chi connectivity index (χ3v) is 3.18. The van der Waals surface area contributed by atoms with E-state index in [1.807, 2.05) is 0 Å². The molecule has 0 amide bonds. The van der Waals surface area contributed by atoms with Crippen molar-refractivity contribution in [3.05, 3.63) is 33.1 Å². The SMILES string of the molecule is CC(=N)C1C(CO)OC(n2ccc(=O)[nH]c2=O)C1O. The van der Waals surface area contributed by atoms with Gasteiger partial charge in [-0.15, -0.1) is 0 Å². The fourth-order valence-corrected chi connectivity index (χ4v) is 2.29. The van der Waals surface area contributed by atoms with Gasteiger partial charge in [0.25, 0.3) is 5.56 Å². The first-order valence-electron chi connectivity index (χ1n) is 5.76. The number of hydrogen-bond donors (Lipinski definition) is 4. The van der Waals surface area contributed by atoms with Crippen molar-refractivity contribution < 1.29 is 14.9 Å². The number of ether oxygens (including phenoxy) is 1. The fourth-order valence-electron chi connectivity index (χ4n) is 2.29. The van der Waals surface area contributed by atoms with Gasteiger partial charge in [-0.25, -0.2) is 4.79 Å². The number of H-pyrrole nitrogens is 1. The van der Waals surface area contributed by atoms with Crippen molar-refractivity contribution >= 4 is 5.71 Å². The molecule has 2 rings (SSSR count). The van der Waals surface area contributed by atoms with E-state index in [0.717, 1.165) is 10.6 Å². The van der Waals surface area contributed by atoms with Crippen molar-refractivity contribution in [1.29, 1.82) is 5.41 Å². The van der Waals surface area contributed by atoms with Crippen molar-refractivity contribution in [2.45, 2.75) is 25.4 Å². The van der Waals surface area contributed by atoms with E-state index in [1.54, 1.807) is 0 Å². The molecule has 4 unspecified atom stereocenters. The second-order valence-corrected chi connectivity index (χ2v) is 4.46. The van der Waals surface area contributed by atoms with Gasteiger partial charge >= 0.3 is 5.69 Å². The van der Waals surface area contributed by atoms with E-state index in [4.69, 9.17) is 10.1 Å². The molecule has 4 atom stereocenters. The van der Waals surface area contributed by atoms with Gasteiger partial charge in [-0.3, -0.25) is 14.3 Å². The Balaban J connectivity index is 2.39. The molecule has 0 saturated carbocycles. The molecule has 1 aromatic heterocycles. The van der Waals surface area contributed by atoms with E-state index in [9.17, 15) is 19.8 Å². The fraction of sp³-hybridized carbons (Fsp3) is 0.545. The molecule has 0 bridgehead atoms. The second kappa shape index (κ2) is 5.08. The van der Waals surface area contributed by atoms with Crippen LogP contribution >= 0.6 is 0 Å². The largest absolute Gasteiger partial charge is 0.394 e. The van der Waals surface area contributed by atoms with Crippen molar-refractivity contribution in [3.63, 3.8) is 0 Å². The first kappa shape index (κ1) is 13.7. The lowest BCUT2D eigenvalue weighted by Crippen LogP contribution is -2.37. The van der Waals surface area contributed by atoms with Gasteiger partial charge in [-0.2, -0.15) is 0 Å². The van der Waals surface area contributed by atoms with Crippen LogP contribution in [0.15, 0.2) is 21.9 Å². The number of aromatic amines is 1. The smallest absolute Gasteiger partial charge is 0.330 e. The molecule has 1 aliphatic heterocycles. The molecule has 0 aliphatic carbocycles. The normalized spacial score (nSPS) is 30.5. The van der Waals surface area contributed by atoms with Crippen molar-refractivity contribution in [1.82, 2.24) is 9.55 Å². The number of nitrogens with one attached hydrogen (secondary N) is 2. The zero-order chi connectivity index (χ0) is 14.2. The molecule has 0 aromatic carbocycles. The summed E-state index contributed by atoms with van der Waals surface area (Å²) in [6, 6.07) is 1.13. The van der Waals surface area contributed by atoms with Crippen LogP contribution in [0.5, 0.6) is 0 Å². The van der Waals surface area contributed by atoms with Gasteiger partial charge in [0.15, 0.2) is 6.23 Å². The second-order valence-electron chi connectivity index (χ2n) is 4.46. The Labute approximate surface area is 107 Å². The first-order valence-corrected chi connectivity index (χ1v) is 5.76. The minimum atomic E-state index is -1.14. The van der Waals surface area contributed by atoms with Crippen LogP contribution in [0.4, 0.5) is 0 Å². The quantitative estimate of drug-likeness (QED) is 0.493. The lowest BCUT2D eigenvalue weighted by atomic mass is 9.94. The number of aromatic nitrogens is 2. The Hall–Kier alpha value is -1.77. The van der Waals surface area contributed by atoms with Gasteiger partial charge < -0.3 is 20.4 Å². The predicted molar refractivity (Wildman–Crippen MR) is 65.2 cm³/mol. The van der Waals surface area contributed by atoms with Gasteiger partial charge in [-0.05, 0) is 6.92 Å². The summed E-state index contributed by atoms with van der Waals surface area (Å²) in [6.45, 7) is 1.13. The van der Waals surface area contributed by atoms with E-state index < -0.39 is 35.6 Å². The Morgan fingerprint density at radius 2 is 2.26 bits per heavy atom. The third kappa shape index (κ3) is 2.37. The van der Waals surface area contributed by atoms with Crippen LogP contribution in [-0.2, 0) is 4.74 Å². The zero-order valence-electron chi connectivity index (χ0n) is 10.2. The highest BCUT2D eigenvalue weighted by molar-refractivity contribution is 5.82. The molecule has 19 heavy (non-hydrogen) atoms. The number of hydrogen-bond acceptors (Lipinski definition) is 6. The summed E-state index contributed by atoms with van der Waals surface area (Å²) in [4.78, 5) is 24.7. The molecule has 0 radical (unpaired) electrons. The van der Waals surface area contributed by atoms with E-state index in [2.05, 4.69) is 4.98 Å². The van der Waals surface area contributed by atoms with Crippen LogP contribution in [0.2, 0.25) is 0 Å². The minimum Gasteiger partial charge on any atom is -0.394 e. The van der Waals surface area contributed by atoms with Crippen LogP contribution < -0.4 is 11.2 Å². The van der Waals surface area contributed by atoms with Crippen LogP contribution in [0.1, 0.15) is 13.2 Å². The summed E-state index contributed by atoms with van der Waals surface area (Å²) in [6.07, 6.45) is -1.72. The average Bonchev–Trinajstić information content (AvgIpc) is 2.66. The molecule has 104 valence electrons. The van der Waals surface area contributed by atoms with Crippen molar-refractivity contribution in [2.75, 3.05) is 6.61 Å². The predicted octanol–water partition coefficient (Wildman–Crippen LogP) is -1.56. The maximum absolute atomic E-state index is 11.6. The first-order chi connectivity index (χ1) is 8.95. The third-order valence-electron chi connectivity index (χ3n) is 3.18. The van der Waals surface area contributed by atoms with E-state index >= 15 is 0 Å². The minimum absolute atomic E-state index is 0.159. The van der Waals surface area contributed by atoms with Crippen molar-refractivity contribution in [3.8, 4) is 0 Å². The average molecular weight is 269 g/mol.